The number of benzene rings is 1. The van der Waals surface area contributed by atoms with E-state index in [2.05, 4.69) is 4.74 Å². The Balaban J connectivity index is 3.29. The monoisotopic (exact) mass is 260 g/mol. The fourth-order valence-electron chi connectivity index (χ4n) is 1.26. The molecule has 1 rings (SSSR count). The van der Waals surface area contributed by atoms with E-state index in [4.69, 9.17) is 0 Å². The SMILES string of the molecule is COC(=O)C(C)(C)S(=O)(=O)c1ccc(F)cc1. The zero-order valence-corrected chi connectivity index (χ0v) is 10.5. The van der Waals surface area contributed by atoms with Crippen LogP contribution in [0.15, 0.2) is 29.2 Å². The standard InChI is InChI=1S/C11H13FO4S/c1-11(2,10(13)16-3)17(14,15)9-6-4-8(12)5-7-9/h4-7H,1-3H3. The molecule has 1 aromatic rings. The molecule has 0 atom stereocenters. The Kier molecular flexibility index (Phi) is 3.56. The molecule has 0 saturated carbocycles. The van der Waals surface area contributed by atoms with Gasteiger partial charge in [0.2, 0.25) is 0 Å². The highest BCUT2D eigenvalue weighted by atomic mass is 32.2. The number of esters is 1. The van der Waals surface area contributed by atoms with E-state index in [9.17, 15) is 17.6 Å². The lowest BCUT2D eigenvalue weighted by Gasteiger charge is -2.21. The normalized spacial score (nSPS) is 12.2. The Morgan fingerprint density at radius 2 is 1.71 bits per heavy atom. The molecule has 0 N–H and O–H groups in total. The van der Waals surface area contributed by atoms with Gasteiger partial charge in [-0.2, -0.15) is 0 Å². The molecule has 0 spiro atoms. The molecule has 0 aliphatic carbocycles. The predicted octanol–water partition coefficient (Wildman–Crippen LogP) is 1.55. The number of carbonyl (C=O) groups is 1. The van der Waals surface area contributed by atoms with Gasteiger partial charge in [0, 0.05) is 0 Å². The molecule has 17 heavy (non-hydrogen) atoms. The first kappa shape index (κ1) is 13.6. The third kappa shape index (κ3) is 2.31. The van der Waals surface area contributed by atoms with Crippen LogP contribution >= 0.6 is 0 Å². The summed E-state index contributed by atoms with van der Waals surface area (Å²) >= 11 is 0. The number of hydrogen-bond acceptors (Lipinski definition) is 4. The van der Waals surface area contributed by atoms with Crippen LogP contribution in [-0.2, 0) is 19.4 Å². The number of sulfone groups is 1. The van der Waals surface area contributed by atoms with Crippen molar-refractivity contribution in [2.45, 2.75) is 23.5 Å². The van der Waals surface area contributed by atoms with E-state index in [1.807, 2.05) is 0 Å². The van der Waals surface area contributed by atoms with E-state index < -0.39 is 26.4 Å². The maximum Gasteiger partial charge on any atom is 0.327 e. The molecule has 0 aliphatic rings. The largest absolute Gasteiger partial charge is 0.468 e. The van der Waals surface area contributed by atoms with E-state index in [-0.39, 0.29) is 4.90 Å². The zero-order valence-electron chi connectivity index (χ0n) is 9.73. The zero-order chi connectivity index (χ0) is 13.3. The number of rotatable bonds is 3. The third-order valence-electron chi connectivity index (χ3n) is 2.47. The van der Waals surface area contributed by atoms with E-state index in [0.29, 0.717) is 0 Å². The van der Waals surface area contributed by atoms with Gasteiger partial charge in [0.1, 0.15) is 5.82 Å². The van der Waals surface area contributed by atoms with Crippen molar-refractivity contribution in [1.82, 2.24) is 0 Å². The van der Waals surface area contributed by atoms with E-state index in [1.54, 1.807) is 0 Å². The van der Waals surface area contributed by atoms with Gasteiger partial charge in [0.25, 0.3) is 0 Å². The summed E-state index contributed by atoms with van der Waals surface area (Å²) in [6, 6.07) is 4.30. The Labute approximate surface area is 99.3 Å². The smallest absolute Gasteiger partial charge is 0.327 e. The van der Waals surface area contributed by atoms with Crippen LogP contribution in [0.4, 0.5) is 4.39 Å². The van der Waals surface area contributed by atoms with Crippen LogP contribution in [0.3, 0.4) is 0 Å². The number of halogens is 1. The summed E-state index contributed by atoms with van der Waals surface area (Å²) in [6.07, 6.45) is 0. The highest BCUT2D eigenvalue weighted by Gasteiger charge is 2.43. The van der Waals surface area contributed by atoms with Crippen molar-refractivity contribution >= 4 is 15.8 Å². The van der Waals surface area contributed by atoms with Crippen molar-refractivity contribution in [2.24, 2.45) is 0 Å². The summed E-state index contributed by atoms with van der Waals surface area (Å²) in [7, 11) is -2.79. The number of methoxy groups -OCH3 is 1. The fraction of sp³-hybridized carbons (Fsp3) is 0.364. The van der Waals surface area contributed by atoms with Crippen molar-refractivity contribution in [1.29, 1.82) is 0 Å². The first-order valence-corrected chi connectivity index (χ1v) is 6.30. The second kappa shape index (κ2) is 4.44. The number of ether oxygens (including phenoxy) is 1. The van der Waals surface area contributed by atoms with E-state index >= 15 is 0 Å². The fourth-order valence-corrected chi connectivity index (χ4v) is 2.65. The minimum Gasteiger partial charge on any atom is -0.468 e. The van der Waals surface area contributed by atoms with Gasteiger partial charge in [-0.05, 0) is 38.1 Å². The highest BCUT2D eigenvalue weighted by molar-refractivity contribution is 7.93. The molecular formula is C11H13FO4S. The molecule has 0 saturated heterocycles. The van der Waals surface area contributed by atoms with Gasteiger partial charge in [-0.1, -0.05) is 0 Å². The molecule has 0 unspecified atom stereocenters. The Morgan fingerprint density at radius 1 is 1.24 bits per heavy atom. The molecule has 0 bridgehead atoms. The number of carbonyl (C=O) groups excluding carboxylic acids is 1. The molecule has 0 aromatic heterocycles. The van der Waals surface area contributed by atoms with Crippen LogP contribution in [0, 0.1) is 5.82 Å². The molecule has 4 nitrogen and oxygen atoms in total. The summed E-state index contributed by atoms with van der Waals surface area (Å²) in [6.45, 7) is 2.50. The second-order valence-corrected chi connectivity index (χ2v) is 6.46. The first-order valence-electron chi connectivity index (χ1n) is 4.82. The first-order chi connectivity index (χ1) is 7.73. The van der Waals surface area contributed by atoms with Crippen LogP contribution in [0.25, 0.3) is 0 Å². The maximum absolute atomic E-state index is 12.7. The summed E-state index contributed by atoms with van der Waals surface area (Å²) in [4.78, 5) is 11.3. The molecule has 1 aromatic carbocycles. The van der Waals surface area contributed by atoms with Crippen molar-refractivity contribution in [3.05, 3.63) is 30.1 Å². The van der Waals surface area contributed by atoms with Gasteiger partial charge in [-0.15, -0.1) is 0 Å². The lowest BCUT2D eigenvalue weighted by Crippen LogP contribution is -2.41. The van der Waals surface area contributed by atoms with E-state index in [1.165, 1.54) is 13.8 Å². The minimum atomic E-state index is -3.91. The Bertz CT molecular complexity index is 517. The molecular weight excluding hydrogens is 247 g/mol. The van der Waals surface area contributed by atoms with Crippen molar-refractivity contribution in [3.8, 4) is 0 Å². The predicted molar refractivity (Wildman–Crippen MR) is 59.7 cm³/mol. The van der Waals surface area contributed by atoms with Crippen LogP contribution in [0.5, 0.6) is 0 Å². The van der Waals surface area contributed by atoms with Gasteiger partial charge >= 0.3 is 5.97 Å². The lowest BCUT2D eigenvalue weighted by atomic mass is 10.2. The summed E-state index contributed by atoms with van der Waals surface area (Å²) in [5.74, 6) is -1.40. The summed E-state index contributed by atoms with van der Waals surface area (Å²) < 4.78 is 39.7. The highest BCUT2D eigenvalue weighted by Crippen LogP contribution is 2.26. The average molecular weight is 260 g/mol. The van der Waals surface area contributed by atoms with Crippen molar-refractivity contribution in [3.63, 3.8) is 0 Å². The summed E-state index contributed by atoms with van der Waals surface area (Å²) in [5.41, 5.74) is 0. The van der Waals surface area contributed by atoms with Crippen LogP contribution in [0.2, 0.25) is 0 Å². The van der Waals surface area contributed by atoms with Gasteiger partial charge in [0.05, 0.1) is 12.0 Å². The van der Waals surface area contributed by atoms with Crippen LogP contribution < -0.4 is 0 Å². The lowest BCUT2D eigenvalue weighted by molar-refractivity contribution is -0.142. The number of hydrogen-bond donors (Lipinski definition) is 0. The topological polar surface area (TPSA) is 60.4 Å². The Morgan fingerprint density at radius 3 is 2.12 bits per heavy atom. The maximum atomic E-state index is 12.7. The Hall–Kier alpha value is -1.43. The third-order valence-corrected chi connectivity index (χ3v) is 4.88. The molecule has 0 fully saturated rings. The van der Waals surface area contributed by atoms with Crippen molar-refractivity contribution in [2.75, 3.05) is 7.11 Å². The van der Waals surface area contributed by atoms with Gasteiger partial charge < -0.3 is 4.74 Å². The van der Waals surface area contributed by atoms with Crippen LogP contribution in [0.1, 0.15) is 13.8 Å². The molecule has 0 radical (unpaired) electrons. The molecule has 94 valence electrons. The van der Waals surface area contributed by atoms with Gasteiger partial charge in [-0.25, -0.2) is 12.8 Å². The molecule has 0 amide bonds. The second-order valence-electron chi connectivity index (χ2n) is 3.96. The quantitative estimate of drug-likeness (QED) is 0.611. The summed E-state index contributed by atoms with van der Waals surface area (Å²) in [5, 5.41) is 0. The van der Waals surface area contributed by atoms with Gasteiger partial charge in [0.15, 0.2) is 14.6 Å². The average Bonchev–Trinajstić information content (AvgIpc) is 2.28. The van der Waals surface area contributed by atoms with Gasteiger partial charge in [-0.3, -0.25) is 4.79 Å². The molecule has 6 heteroatoms. The van der Waals surface area contributed by atoms with Crippen molar-refractivity contribution < 1.29 is 22.3 Å². The molecule has 0 aliphatic heterocycles. The molecule has 0 heterocycles. The van der Waals surface area contributed by atoms with Crippen LogP contribution in [-0.4, -0.2) is 26.2 Å². The minimum absolute atomic E-state index is 0.116. The van der Waals surface area contributed by atoms with E-state index in [0.717, 1.165) is 31.4 Å².